The average Bonchev–Trinajstić information content (AvgIpc) is 3.09. The van der Waals surface area contributed by atoms with E-state index in [9.17, 15) is 14.7 Å². The molecule has 4 heteroatoms. The topological polar surface area (TPSA) is 57.6 Å². The fourth-order valence-corrected chi connectivity index (χ4v) is 5.79. The summed E-state index contributed by atoms with van der Waals surface area (Å²) in [6.45, 7) is 2.01. The van der Waals surface area contributed by atoms with E-state index < -0.39 is 17.7 Å². The molecule has 1 atom stereocenters. The number of nitrogens with zero attached hydrogens (tertiary/aromatic N) is 1. The number of likely N-dealkylation sites (tertiary alicyclic amines) is 1. The van der Waals surface area contributed by atoms with Gasteiger partial charge in [-0.25, -0.2) is 0 Å². The zero-order chi connectivity index (χ0) is 22.2. The number of carbonyl (C=O) groups excluding carboxylic acids is 2. The van der Waals surface area contributed by atoms with Gasteiger partial charge in [-0.15, -0.1) is 0 Å². The van der Waals surface area contributed by atoms with Gasteiger partial charge in [-0.1, -0.05) is 61.2 Å². The van der Waals surface area contributed by atoms with Crippen LogP contribution in [0.1, 0.15) is 78.8 Å². The summed E-state index contributed by atoms with van der Waals surface area (Å²) in [4.78, 5) is 28.4. The molecule has 2 aromatic rings. The first kappa shape index (κ1) is 21.0. The Morgan fingerprint density at radius 1 is 0.906 bits per heavy atom. The van der Waals surface area contributed by atoms with Crippen molar-refractivity contribution in [2.24, 2.45) is 0 Å². The molecule has 0 aromatic heterocycles. The minimum atomic E-state index is -0.558. The Kier molecular flexibility index (Phi) is 5.62. The molecule has 2 aliphatic carbocycles. The molecule has 32 heavy (non-hydrogen) atoms. The minimum absolute atomic E-state index is 0.0402. The second-order valence-corrected chi connectivity index (χ2v) is 9.60. The van der Waals surface area contributed by atoms with E-state index in [-0.39, 0.29) is 17.4 Å². The largest absolute Gasteiger partial charge is 0.507 e. The molecular formula is C28H31NO3. The molecule has 3 aliphatic rings. The lowest BCUT2D eigenvalue weighted by Gasteiger charge is -2.35. The third-order valence-electron chi connectivity index (χ3n) is 7.43. The number of Topliss-reactive ketones (excluding diaryl/α,β-unsaturated/α-hetero) is 1. The molecule has 1 saturated heterocycles. The van der Waals surface area contributed by atoms with Crippen LogP contribution in [0.3, 0.4) is 0 Å². The Labute approximate surface area is 189 Å². The Morgan fingerprint density at radius 3 is 2.41 bits per heavy atom. The molecule has 0 spiro atoms. The maximum Gasteiger partial charge on any atom is 0.295 e. The number of carbonyl (C=O) groups is 2. The second-order valence-electron chi connectivity index (χ2n) is 9.60. The SMILES string of the molecule is Cc1cccc(C2/C(=C(/O)c3ccc4c(c3)CCCC4)C(=O)C(=O)N2C2CCCCC2)c1. The Morgan fingerprint density at radius 2 is 1.66 bits per heavy atom. The fraction of sp³-hybridized carbons (Fsp3) is 0.429. The quantitative estimate of drug-likeness (QED) is 0.391. The van der Waals surface area contributed by atoms with E-state index in [0.29, 0.717) is 5.56 Å². The third-order valence-corrected chi connectivity index (χ3v) is 7.43. The highest BCUT2D eigenvalue weighted by Crippen LogP contribution is 2.43. The summed E-state index contributed by atoms with van der Waals surface area (Å²) in [6, 6.07) is 13.5. The molecule has 1 N–H and O–H groups in total. The summed E-state index contributed by atoms with van der Waals surface area (Å²) >= 11 is 0. The normalized spacial score (nSPS) is 23.4. The van der Waals surface area contributed by atoms with Crippen molar-refractivity contribution in [3.63, 3.8) is 0 Å². The lowest BCUT2D eigenvalue weighted by Crippen LogP contribution is -2.40. The van der Waals surface area contributed by atoms with E-state index in [1.165, 1.54) is 24.0 Å². The van der Waals surface area contributed by atoms with E-state index in [1.807, 2.05) is 43.3 Å². The first-order chi connectivity index (χ1) is 15.5. The van der Waals surface area contributed by atoms with Crippen LogP contribution in [-0.4, -0.2) is 27.7 Å². The van der Waals surface area contributed by atoms with Crippen LogP contribution in [0.2, 0.25) is 0 Å². The van der Waals surface area contributed by atoms with Gasteiger partial charge in [0.25, 0.3) is 11.7 Å². The van der Waals surface area contributed by atoms with Crippen molar-refractivity contribution in [1.82, 2.24) is 4.90 Å². The number of ketones is 1. The molecule has 1 heterocycles. The molecule has 0 radical (unpaired) electrons. The Balaban J connectivity index is 1.64. The highest BCUT2D eigenvalue weighted by molar-refractivity contribution is 6.46. The Bertz CT molecular complexity index is 1090. The van der Waals surface area contributed by atoms with Crippen LogP contribution in [0.5, 0.6) is 0 Å². The monoisotopic (exact) mass is 429 g/mol. The highest BCUT2D eigenvalue weighted by atomic mass is 16.3. The van der Waals surface area contributed by atoms with Crippen LogP contribution >= 0.6 is 0 Å². The van der Waals surface area contributed by atoms with Crippen molar-refractivity contribution in [3.8, 4) is 0 Å². The van der Waals surface area contributed by atoms with Gasteiger partial charge in [0.15, 0.2) is 0 Å². The zero-order valence-corrected chi connectivity index (χ0v) is 18.8. The number of amides is 1. The smallest absolute Gasteiger partial charge is 0.295 e. The number of benzene rings is 2. The number of hydrogen-bond acceptors (Lipinski definition) is 3. The maximum atomic E-state index is 13.3. The molecule has 166 valence electrons. The van der Waals surface area contributed by atoms with Crippen LogP contribution in [0.25, 0.3) is 5.76 Å². The van der Waals surface area contributed by atoms with Gasteiger partial charge in [-0.3, -0.25) is 9.59 Å². The summed E-state index contributed by atoms with van der Waals surface area (Å²) in [6.07, 6.45) is 9.52. The van der Waals surface area contributed by atoms with E-state index in [1.54, 1.807) is 4.90 Å². The minimum Gasteiger partial charge on any atom is -0.507 e. The molecule has 2 aromatic carbocycles. The van der Waals surface area contributed by atoms with Gasteiger partial charge in [0, 0.05) is 11.6 Å². The van der Waals surface area contributed by atoms with Crippen molar-refractivity contribution in [3.05, 3.63) is 75.9 Å². The molecule has 1 unspecified atom stereocenters. The Hall–Kier alpha value is -2.88. The van der Waals surface area contributed by atoms with E-state index in [2.05, 4.69) is 6.07 Å². The van der Waals surface area contributed by atoms with Crippen molar-refractivity contribution < 1.29 is 14.7 Å². The van der Waals surface area contributed by atoms with Gasteiger partial charge in [0.2, 0.25) is 0 Å². The molecule has 5 rings (SSSR count). The van der Waals surface area contributed by atoms with Gasteiger partial charge in [0.05, 0.1) is 11.6 Å². The number of aryl methyl sites for hydroxylation is 3. The molecule has 0 bridgehead atoms. The van der Waals surface area contributed by atoms with Gasteiger partial charge < -0.3 is 10.0 Å². The van der Waals surface area contributed by atoms with Crippen molar-refractivity contribution in [2.75, 3.05) is 0 Å². The number of rotatable bonds is 3. The number of hydrogen-bond donors (Lipinski definition) is 1. The molecule has 1 amide bonds. The van der Waals surface area contributed by atoms with Crippen LogP contribution in [0, 0.1) is 6.92 Å². The van der Waals surface area contributed by atoms with E-state index >= 15 is 0 Å². The summed E-state index contributed by atoms with van der Waals surface area (Å²) in [7, 11) is 0. The maximum absolute atomic E-state index is 13.3. The van der Waals surface area contributed by atoms with E-state index in [0.717, 1.165) is 56.1 Å². The first-order valence-electron chi connectivity index (χ1n) is 12.0. The van der Waals surface area contributed by atoms with Gasteiger partial charge >= 0.3 is 0 Å². The highest BCUT2D eigenvalue weighted by Gasteiger charge is 2.48. The standard InChI is InChI=1S/C28H31NO3/c1-18-8-7-11-21(16-18)25-24(27(31)28(32)29(25)23-12-3-2-4-13-23)26(30)22-15-14-19-9-5-6-10-20(19)17-22/h7-8,11,14-17,23,25,30H,2-6,9-10,12-13H2,1H3/b26-24-. The molecule has 1 aliphatic heterocycles. The van der Waals surface area contributed by atoms with E-state index in [4.69, 9.17) is 0 Å². The van der Waals surface area contributed by atoms with Crippen LogP contribution < -0.4 is 0 Å². The summed E-state index contributed by atoms with van der Waals surface area (Å²) < 4.78 is 0. The lowest BCUT2D eigenvalue weighted by molar-refractivity contribution is -0.141. The molecule has 4 nitrogen and oxygen atoms in total. The lowest BCUT2D eigenvalue weighted by atomic mass is 9.88. The van der Waals surface area contributed by atoms with Crippen LogP contribution in [-0.2, 0) is 22.4 Å². The van der Waals surface area contributed by atoms with Crippen molar-refractivity contribution in [1.29, 1.82) is 0 Å². The first-order valence-corrected chi connectivity index (χ1v) is 12.0. The van der Waals surface area contributed by atoms with Crippen LogP contribution in [0.4, 0.5) is 0 Å². The summed E-state index contributed by atoms with van der Waals surface area (Å²) in [5, 5.41) is 11.4. The van der Waals surface area contributed by atoms with Gasteiger partial charge in [-0.2, -0.15) is 0 Å². The molecule has 2 fully saturated rings. The number of aliphatic hydroxyl groups excluding tert-OH is 1. The van der Waals surface area contributed by atoms with Crippen molar-refractivity contribution >= 4 is 17.4 Å². The predicted octanol–water partition coefficient (Wildman–Crippen LogP) is 5.63. The third kappa shape index (κ3) is 3.66. The number of aliphatic hydroxyl groups is 1. The summed E-state index contributed by atoms with van der Waals surface area (Å²) in [5.41, 5.74) is 5.42. The fourth-order valence-electron chi connectivity index (χ4n) is 5.79. The van der Waals surface area contributed by atoms with Gasteiger partial charge in [-0.05, 0) is 68.2 Å². The summed E-state index contributed by atoms with van der Waals surface area (Å²) in [5.74, 6) is -1.07. The second kappa shape index (κ2) is 8.57. The zero-order valence-electron chi connectivity index (χ0n) is 18.8. The number of fused-ring (bicyclic) bond motifs is 1. The van der Waals surface area contributed by atoms with Crippen LogP contribution in [0.15, 0.2) is 48.0 Å². The molecular weight excluding hydrogens is 398 g/mol. The van der Waals surface area contributed by atoms with Crippen molar-refractivity contribution in [2.45, 2.75) is 76.8 Å². The van der Waals surface area contributed by atoms with Gasteiger partial charge in [0.1, 0.15) is 5.76 Å². The molecule has 1 saturated carbocycles. The average molecular weight is 430 g/mol. The predicted molar refractivity (Wildman–Crippen MR) is 125 cm³/mol.